The summed E-state index contributed by atoms with van der Waals surface area (Å²) in [5, 5.41) is 10.6. The van der Waals surface area contributed by atoms with Crippen molar-refractivity contribution >= 4 is 39.5 Å². The number of unbranched alkanes of at least 4 members (excludes halogenated alkanes) is 44. The highest BCUT2D eigenvalue weighted by Crippen LogP contribution is 2.45. The maximum atomic E-state index is 13.1. The van der Waals surface area contributed by atoms with Crippen molar-refractivity contribution in [2.75, 3.05) is 39.6 Å². The van der Waals surface area contributed by atoms with Crippen LogP contribution >= 0.6 is 15.6 Å². The Morgan fingerprint density at radius 2 is 0.505 bits per heavy atom. The minimum absolute atomic E-state index is 0.105. The molecule has 0 aromatic carbocycles. The molecular formula is C72H140O17P2. The number of esters is 4. The molecule has 0 bridgehead atoms. The lowest BCUT2D eigenvalue weighted by Crippen LogP contribution is -2.30. The molecule has 2 unspecified atom stereocenters. The molecule has 0 fully saturated rings. The average molecular weight is 1340 g/mol. The molecule has 0 amide bonds. The Labute approximate surface area is 556 Å². The van der Waals surface area contributed by atoms with Gasteiger partial charge in [-0.2, -0.15) is 0 Å². The summed E-state index contributed by atoms with van der Waals surface area (Å²) < 4.78 is 68.2. The van der Waals surface area contributed by atoms with Crippen molar-refractivity contribution < 1.29 is 80.2 Å². The van der Waals surface area contributed by atoms with Crippen molar-refractivity contribution in [3.05, 3.63) is 0 Å². The van der Waals surface area contributed by atoms with Gasteiger partial charge in [-0.1, -0.05) is 324 Å². The molecule has 0 aromatic heterocycles. The first-order chi connectivity index (χ1) is 44.0. The molecule has 3 N–H and O–H groups in total. The second kappa shape index (κ2) is 65.4. The lowest BCUT2D eigenvalue weighted by Gasteiger charge is -2.21. The van der Waals surface area contributed by atoms with Gasteiger partial charge < -0.3 is 33.8 Å². The molecule has 0 radical (unpaired) electrons. The number of phosphoric ester groups is 2. The van der Waals surface area contributed by atoms with Crippen molar-refractivity contribution in [1.82, 2.24) is 0 Å². The van der Waals surface area contributed by atoms with Gasteiger partial charge in [-0.25, -0.2) is 9.13 Å². The van der Waals surface area contributed by atoms with Gasteiger partial charge in [0.2, 0.25) is 0 Å². The number of carbonyl (C=O) groups excluding carboxylic acids is 4. The fourth-order valence-corrected chi connectivity index (χ4v) is 12.6. The van der Waals surface area contributed by atoms with Gasteiger partial charge in [0.1, 0.15) is 19.3 Å². The van der Waals surface area contributed by atoms with Crippen molar-refractivity contribution in [1.29, 1.82) is 0 Å². The quantitative estimate of drug-likeness (QED) is 0.0222. The standard InChI is InChI=1S/C72H140O17P2/c1-6-9-12-15-18-20-21-22-23-24-25-26-27-32-35-38-43-48-53-58-72(77)89-68(62-83-70(75)56-51-46-42-37-34-31-29-28-30-33-36-40-44-49-54-65(4)5)64-87-91(80,81)85-60-66(73)59-84-90(78,79)86-63-67(61-82-69(74)55-50-45-39-17-14-11-8-3)88-71(76)57-52-47-41-19-16-13-10-7-2/h65-68,73H,6-64H2,1-5H3,(H,78,79)(H,80,81)/t66-,67+,68+/m0/s1. The largest absolute Gasteiger partial charge is 0.472 e. The Balaban J connectivity index is 5.15. The van der Waals surface area contributed by atoms with E-state index < -0.39 is 97.5 Å². The maximum Gasteiger partial charge on any atom is 0.472 e. The number of hydrogen-bond acceptors (Lipinski definition) is 15. The summed E-state index contributed by atoms with van der Waals surface area (Å²) in [7, 11) is -9.89. The molecular weight excluding hydrogens is 1200 g/mol. The van der Waals surface area contributed by atoms with E-state index in [1.165, 1.54) is 180 Å². The zero-order valence-electron chi connectivity index (χ0n) is 59.0. The van der Waals surface area contributed by atoms with Crippen LogP contribution in [0, 0.1) is 5.92 Å². The zero-order valence-corrected chi connectivity index (χ0v) is 60.8. The van der Waals surface area contributed by atoms with Crippen LogP contribution in [-0.4, -0.2) is 96.7 Å². The number of ether oxygens (including phenoxy) is 4. The van der Waals surface area contributed by atoms with Gasteiger partial charge in [0, 0.05) is 25.7 Å². The third kappa shape index (κ3) is 66.5. The fraction of sp³-hybridized carbons (Fsp3) is 0.944. The van der Waals surface area contributed by atoms with Gasteiger partial charge in [0.05, 0.1) is 26.4 Å². The highest BCUT2D eigenvalue weighted by Gasteiger charge is 2.30. The molecule has 540 valence electrons. The number of carbonyl (C=O) groups is 4. The topological polar surface area (TPSA) is 237 Å². The molecule has 0 aliphatic rings. The van der Waals surface area contributed by atoms with Gasteiger partial charge in [0.25, 0.3) is 0 Å². The smallest absolute Gasteiger partial charge is 0.462 e. The van der Waals surface area contributed by atoms with E-state index in [4.69, 9.17) is 37.0 Å². The molecule has 0 heterocycles. The van der Waals surface area contributed by atoms with E-state index in [-0.39, 0.29) is 25.7 Å². The summed E-state index contributed by atoms with van der Waals surface area (Å²) in [6.07, 6.45) is 53.0. The first-order valence-electron chi connectivity index (χ1n) is 37.6. The summed E-state index contributed by atoms with van der Waals surface area (Å²) in [5.74, 6) is -1.33. The van der Waals surface area contributed by atoms with Gasteiger partial charge in [-0.05, 0) is 31.6 Å². The van der Waals surface area contributed by atoms with E-state index in [0.29, 0.717) is 25.7 Å². The summed E-state index contributed by atoms with van der Waals surface area (Å²) >= 11 is 0. The highest BCUT2D eigenvalue weighted by molar-refractivity contribution is 7.47. The number of hydrogen-bond donors (Lipinski definition) is 3. The van der Waals surface area contributed by atoms with Crippen LogP contribution in [0.3, 0.4) is 0 Å². The van der Waals surface area contributed by atoms with Crippen LogP contribution in [0.15, 0.2) is 0 Å². The predicted molar refractivity (Wildman–Crippen MR) is 368 cm³/mol. The molecule has 19 heteroatoms. The van der Waals surface area contributed by atoms with Gasteiger partial charge in [-0.3, -0.25) is 37.3 Å². The lowest BCUT2D eigenvalue weighted by molar-refractivity contribution is -0.161. The first kappa shape index (κ1) is 89.1. The van der Waals surface area contributed by atoms with Crippen molar-refractivity contribution in [2.45, 2.75) is 393 Å². The van der Waals surface area contributed by atoms with Crippen molar-refractivity contribution in [2.24, 2.45) is 5.92 Å². The monoisotopic (exact) mass is 1340 g/mol. The van der Waals surface area contributed by atoms with Crippen molar-refractivity contribution in [3.8, 4) is 0 Å². The minimum Gasteiger partial charge on any atom is -0.462 e. The van der Waals surface area contributed by atoms with Gasteiger partial charge in [-0.15, -0.1) is 0 Å². The molecule has 0 aromatic rings. The maximum absolute atomic E-state index is 13.1. The van der Waals surface area contributed by atoms with Crippen LogP contribution in [0.25, 0.3) is 0 Å². The molecule has 17 nitrogen and oxygen atoms in total. The van der Waals surface area contributed by atoms with Crippen LogP contribution < -0.4 is 0 Å². The molecule has 0 aliphatic heterocycles. The zero-order chi connectivity index (χ0) is 67.0. The molecule has 0 saturated heterocycles. The van der Waals surface area contributed by atoms with E-state index in [0.717, 1.165) is 115 Å². The Hall–Kier alpha value is -1.94. The molecule has 91 heavy (non-hydrogen) atoms. The second-order valence-electron chi connectivity index (χ2n) is 26.5. The Bertz CT molecular complexity index is 1750. The van der Waals surface area contributed by atoms with E-state index in [1.54, 1.807) is 0 Å². The third-order valence-corrected chi connectivity index (χ3v) is 18.7. The van der Waals surface area contributed by atoms with E-state index in [9.17, 15) is 43.2 Å². The molecule has 0 saturated carbocycles. The van der Waals surface area contributed by atoms with Crippen LogP contribution in [-0.2, 0) is 65.4 Å². The average Bonchev–Trinajstić information content (AvgIpc) is 3.71. The summed E-state index contributed by atoms with van der Waals surface area (Å²) in [6.45, 7) is 7.21. The number of rotatable bonds is 72. The number of aliphatic hydroxyl groups excluding tert-OH is 1. The van der Waals surface area contributed by atoms with Crippen LogP contribution in [0.2, 0.25) is 0 Å². The number of aliphatic hydroxyl groups is 1. The first-order valence-corrected chi connectivity index (χ1v) is 40.6. The Kier molecular flexibility index (Phi) is 64.0. The summed E-state index contributed by atoms with van der Waals surface area (Å²) in [4.78, 5) is 72.4. The van der Waals surface area contributed by atoms with E-state index >= 15 is 0 Å². The third-order valence-electron chi connectivity index (χ3n) is 16.8. The van der Waals surface area contributed by atoms with Crippen molar-refractivity contribution in [3.63, 3.8) is 0 Å². The molecule has 5 atom stereocenters. The van der Waals surface area contributed by atoms with Gasteiger partial charge >= 0.3 is 39.5 Å². The summed E-state index contributed by atoms with van der Waals surface area (Å²) in [5.41, 5.74) is 0. The van der Waals surface area contributed by atoms with E-state index in [2.05, 4.69) is 34.6 Å². The van der Waals surface area contributed by atoms with Crippen LogP contribution in [0.1, 0.15) is 375 Å². The van der Waals surface area contributed by atoms with Gasteiger partial charge in [0.15, 0.2) is 12.2 Å². The lowest BCUT2D eigenvalue weighted by atomic mass is 10.0. The summed E-state index contributed by atoms with van der Waals surface area (Å²) in [6, 6.07) is 0. The molecule has 0 rings (SSSR count). The molecule has 0 aliphatic carbocycles. The van der Waals surface area contributed by atoms with Crippen LogP contribution in [0.5, 0.6) is 0 Å². The Morgan fingerprint density at radius 3 is 0.747 bits per heavy atom. The predicted octanol–water partition coefficient (Wildman–Crippen LogP) is 20.9. The highest BCUT2D eigenvalue weighted by atomic mass is 31.2. The minimum atomic E-state index is -4.95. The SMILES string of the molecule is CCCCCCCCCCCCCCCCCCCCCC(=O)O[C@H](COC(=O)CCCCCCCCCCCCCCCCC(C)C)COP(=O)(O)OC[C@@H](O)COP(=O)(O)OC[C@@H](COC(=O)CCCCCCCCC)OC(=O)CCCCCCCCCC. The number of phosphoric acid groups is 2. The van der Waals surface area contributed by atoms with E-state index in [1.807, 2.05) is 0 Å². The normalized spacial score (nSPS) is 14.0. The Morgan fingerprint density at radius 1 is 0.297 bits per heavy atom. The fourth-order valence-electron chi connectivity index (χ4n) is 11.0. The second-order valence-corrected chi connectivity index (χ2v) is 29.4. The van der Waals surface area contributed by atoms with Crippen LogP contribution in [0.4, 0.5) is 0 Å². The molecule has 0 spiro atoms.